The fourth-order valence-corrected chi connectivity index (χ4v) is 2.90. The van der Waals surface area contributed by atoms with Gasteiger partial charge in [-0.25, -0.2) is 9.64 Å². The molecular formula is C26H24N2O8. The number of nitrogens with zero attached hydrogens (tertiary/aromatic N) is 2. The molecule has 0 saturated heterocycles. The molecule has 0 atom stereocenters. The van der Waals surface area contributed by atoms with Crippen molar-refractivity contribution in [3.05, 3.63) is 70.2 Å². The van der Waals surface area contributed by atoms with Crippen LogP contribution in [0, 0.1) is 17.9 Å². The maximum Gasteiger partial charge on any atom is 0.348 e. The number of rotatable bonds is 11. The molecule has 0 spiro atoms. The topological polar surface area (TPSA) is 118 Å². The number of hydrogen-bond acceptors (Lipinski definition) is 9. The number of methoxy groups -OCH3 is 4. The lowest BCUT2D eigenvalue weighted by atomic mass is 10.1. The van der Waals surface area contributed by atoms with Gasteiger partial charge >= 0.3 is 11.9 Å². The fraction of sp³-hybridized carbons (Fsp3) is 0.231. The average molecular weight is 492 g/mol. The highest BCUT2D eigenvalue weighted by atomic mass is 16.6. The quantitative estimate of drug-likeness (QED) is 0.152. The zero-order chi connectivity index (χ0) is 26.5. The molecule has 0 aliphatic heterocycles. The van der Waals surface area contributed by atoms with Crippen molar-refractivity contribution in [2.24, 2.45) is 0 Å². The molecule has 2 rings (SSSR count). The van der Waals surface area contributed by atoms with E-state index < -0.39 is 11.9 Å². The number of nitriles is 1. The standard InChI is InChI=1S/C26H24N2O8/c1-28-20(26(30)34-5)13-18-7-9-22(24(15-18)32-3)36-11-10-35-21-8-6-17(14-23(21)31-2)12-19(16-27)25(29)33-4/h6-9,12-15H,10-11H2,2-5H3. The van der Waals surface area contributed by atoms with Crippen LogP contribution in [0.5, 0.6) is 23.0 Å². The van der Waals surface area contributed by atoms with Crippen molar-refractivity contribution >= 4 is 24.1 Å². The highest BCUT2D eigenvalue weighted by molar-refractivity contribution is 5.98. The Hall–Kier alpha value is -4.96. The molecule has 0 saturated carbocycles. The van der Waals surface area contributed by atoms with Crippen molar-refractivity contribution in [2.45, 2.75) is 0 Å². The van der Waals surface area contributed by atoms with E-state index in [1.165, 1.54) is 40.6 Å². The first-order valence-corrected chi connectivity index (χ1v) is 10.4. The average Bonchev–Trinajstić information content (AvgIpc) is 2.92. The molecule has 0 unspecified atom stereocenters. The molecule has 2 aromatic carbocycles. The molecule has 10 nitrogen and oxygen atoms in total. The summed E-state index contributed by atoms with van der Waals surface area (Å²) in [4.78, 5) is 26.4. The summed E-state index contributed by atoms with van der Waals surface area (Å²) >= 11 is 0. The van der Waals surface area contributed by atoms with Gasteiger partial charge in [-0.2, -0.15) is 5.26 Å². The lowest BCUT2D eigenvalue weighted by molar-refractivity contribution is -0.136. The molecule has 0 amide bonds. The van der Waals surface area contributed by atoms with Crippen molar-refractivity contribution in [1.29, 1.82) is 5.26 Å². The molecule has 0 fully saturated rings. The van der Waals surface area contributed by atoms with E-state index in [4.69, 9.17) is 30.8 Å². The summed E-state index contributed by atoms with van der Waals surface area (Å²) in [5.74, 6) is 0.238. The van der Waals surface area contributed by atoms with Gasteiger partial charge in [0, 0.05) is 0 Å². The molecule has 0 bridgehead atoms. The Labute approximate surface area is 208 Å². The normalized spacial score (nSPS) is 10.9. The molecule has 0 aromatic heterocycles. The van der Waals surface area contributed by atoms with E-state index in [9.17, 15) is 9.59 Å². The Morgan fingerprint density at radius 3 is 1.75 bits per heavy atom. The van der Waals surface area contributed by atoms with Crippen LogP contribution in [0.1, 0.15) is 11.1 Å². The number of carbonyl (C=O) groups excluding carboxylic acids is 2. The van der Waals surface area contributed by atoms with E-state index in [1.807, 2.05) is 0 Å². The lowest BCUT2D eigenvalue weighted by Gasteiger charge is -2.14. The Balaban J connectivity index is 2.06. The first-order valence-electron chi connectivity index (χ1n) is 10.4. The maximum absolute atomic E-state index is 11.6. The van der Waals surface area contributed by atoms with Crippen LogP contribution in [0.4, 0.5) is 0 Å². The van der Waals surface area contributed by atoms with Crippen LogP contribution in [-0.4, -0.2) is 53.6 Å². The SMILES string of the molecule is [C-]#[N+]C(=Cc1ccc(OCCOc2ccc(C=C(C#N)C(=O)OC)cc2OC)c(OC)c1)C(=O)OC. The number of carbonyl (C=O) groups is 2. The van der Waals surface area contributed by atoms with Gasteiger partial charge in [0.15, 0.2) is 23.0 Å². The van der Waals surface area contributed by atoms with E-state index in [0.717, 1.165) is 0 Å². The third-order valence-electron chi connectivity index (χ3n) is 4.63. The molecule has 0 aliphatic rings. The van der Waals surface area contributed by atoms with Gasteiger partial charge in [-0.05, 0) is 47.5 Å². The summed E-state index contributed by atoms with van der Waals surface area (Å²) in [5, 5.41) is 9.11. The van der Waals surface area contributed by atoms with E-state index in [0.29, 0.717) is 34.1 Å². The van der Waals surface area contributed by atoms with Gasteiger partial charge in [0.05, 0.1) is 35.0 Å². The number of ether oxygens (including phenoxy) is 6. The molecule has 0 N–H and O–H groups in total. The molecule has 186 valence electrons. The number of hydrogen-bond donors (Lipinski definition) is 0. The van der Waals surface area contributed by atoms with Crippen molar-refractivity contribution in [1.82, 2.24) is 0 Å². The lowest BCUT2D eigenvalue weighted by Crippen LogP contribution is -2.10. The van der Waals surface area contributed by atoms with Crippen molar-refractivity contribution < 1.29 is 38.0 Å². The summed E-state index contributed by atoms with van der Waals surface area (Å²) in [6.07, 6.45) is 2.78. The first kappa shape index (κ1) is 27.3. The van der Waals surface area contributed by atoms with E-state index in [2.05, 4.69) is 14.3 Å². The summed E-state index contributed by atoms with van der Waals surface area (Å²) in [6.45, 7) is 7.46. The van der Waals surface area contributed by atoms with Crippen molar-refractivity contribution in [3.8, 4) is 29.1 Å². The summed E-state index contributed by atoms with van der Waals surface area (Å²) in [7, 11) is 5.35. The van der Waals surface area contributed by atoms with E-state index in [1.54, 1.807) is 42.5 Å². The molecule has 0 radical (unpaired) electrons. The fourth-order valence-electron chi connectivity index (χ4n) is 2.90. The minimum atomic E-state index is -0.733. The molecule has 10 heteroatoms. The van der Waals surface area contributed by atoms with Crippen molar-refractivity contribution in [3.63, 3.8) is 0 Å². The van der Waals surface area contributed by atoms with Gasteiger partial charge in [0.1, 0.15) is 24.9 Å². The van der Waals surface area contributed by atoms with Gasteiger partial charge in [-0.15, -0.1) is 0 Å². The minimum Gasteiger partial charge on any atom is -0.493 e. The zero-order valence-corrected chi connectivity index (χ0v) is 20.2. The second-order valence-corrected chi connectivity index (χ2v) is 6.81. The minimum absolute atomic E-state index is 0.146. The molecule has 0 heterocycles. The van der Waals surface area contributed by atoms with Gasteiger partial charge in [0.25, 0.3) is 5.70 Å². The molecule has 36 heavy (non-hydrogen) atoms. The number of benzene rings is 2. The number of esters is 2. The highest BCUT2D eigenvalue weighted by Crippen LogP contribution is 2.31. The predicted molar refractivity (Wildman–Crippen MR) is 129 cm³/mol. The van der Waals surface area contributed by atoms with Gasteiger partial charge in [0.2, 0.25) is 0 Å². The second kappa shape index (κ2) is 13.7. The Bertz CT molecular complexity index is 1150. The Morgan fingerprint density at radius 1 is 0.833 bits per heavy atom. The monoisotopic (exact) mass is 492 g/mol. The Kier molecular flexibility index (Phi) is 10.4. The molecule has 0 aliphatic carbocycles. The summed E-state index contributed by atoms with van der Waals surface area (Å²) in [6, 6.07) is 11.7. The smallest absolute Gasteiger partial charge is 0.348 e. The zero-order valence-electron chi connectivity index (χ0n) is 20.2. The summed E-state index contributed by atoms with van der Waals surface area (Å²) < 4.78 is 31.3. The van der Waals surface area contributed by atoms with Gasteiger partial charge in [-0.1, -0.05) is 12.1 Å². The molecular weight excluding hydrogens is 468 g/mol. The van der Waals surface area contributed by atoms with Crippen molar-refractivity contribution in [2.75, 3.05) is 41.7 Å². The van der Waals surface area contributed by atoms with Gasteiger partial charge < -0.3 is 28.4 Å². The van der Waals surface area contributed by atoms with Gasteiger partial charge in [-0.3, -0.25) is 4.79 Å². The maximum atomic E-state index is 11.6. The van der Waals surface area contributed by atoms with E-state index in [-0.39, 0.29) is 24.5 Å². The van der Waals surface area contributed by atoms with Crippen LogP contribution < -0.4 is 18.9 Å². The Morgan fingerprint density at radius 2 is 1.33 bits per heavy atom. The highest BCUT2D eigenvalue weighted by Gasteiger charge is 2.13. The predicted octanol–water partition coefficient (Wildman–Crippen LogP) is 3.67. The van der Waals surface area contributed by atoms with Crippen LogP contribution in [0.15, 0.2) is 47.7 Å². The third kappa shape index (κ3) is 7.27. The second-order valence-electron chi connectivity index (χ2n) is 6.81. The van der Waals surface area contributed by atoms with Crippen LogP contribution in [0.2, 0.25) is 0 Å². The van der Waals surface area contributed by atoms with Crippen LogP contribution in [0.3, 0.4) is 0 Å². The third-order valence-corrected chi connectivity index (χ3v) is 4.63. The van der Waals surface area contributed by atoms with Crippen LogP contribution >= 0.6 is 0 Å². The summed E-state index contributed by atoms with van der Waals surface area (Å²) in [5.41, 5.74) is 0.821. The first-order chi connectivity index (χ1) is 17.4. The van der Waals surface area contributed by atoms with Crippen LogP contribution in [-0.2, 0) is 19.1 Å². The van der Waals surface area contributed by atoms with E-state index >= 15 is 0 Å². The van der Waals surface area contributed by atoms with Crippen LogP contribution in [0.25, 0.3) is 17.0 Å². The molecule has 2 aromatic rings. The largest absolute Gasteiger partial charge is 0.493 e.